The topological polar surface area (TPSA) is 105 Å². The Balaban J connectivity index is 2.49. The van der Waals surface area contributed by atoms with Gasteiger partial charge in [0.25, 0.3) is 0 Å². The third-order valence-corrected chi connectivity index (χ3v) is 2.87. The molecule has 0 saturated carbocycles. The number of carbonyl (C=O) groups excluding carboxylic acids is 1. The minimum absolute atomic E-state index is 0.00105. The molecule has 0 saturated heterocycles. The van der Waals surface area contributed by atoms with Crippen molar-refractivity contribution in [2.24, 2.45) is 4.99 Å². The summed E-state index contributed by atoms with van der Waals surface area (Å²) in [5.41, 5.74) is 2.19. The number of hydrogen-bond donors (Lipinski definition) is 2. The van der Waals surface area contributed by atoms with Crippen LogP contribution in [0.4, 0.5) is 5.69 Å². The highest BCUT2D eigenvalue weighted by Gasteiger charge is 2.08. The highest BCUT2D eigenvalue weighted by Crippen LogP contribution is 2.19. The summed E-state index contributed by atoms with van der Waals surface area (Å²) < 4.78 is 0. The summed E-state index contributed by atoms with van der Waals surface area (Å²) in [6, 6.07) is 0. The van der Waals surface area contributed by atoms with Gasteiger partial charge in [0.1, 0.15) is 12.0 Å². The van der Waals surface area contributed by atoms with E-state index in [4.69, 9.17) is 5.11 Å². The molecule has 0 aliphatic carbocycles. The SMILES string of the molecule is C=CC=Nc1c(C)ncnc1CCNC(=O)CCCC(=O)O. The number of carboxylic acid groups (broad SMARTS) is 1. The summed E-state index contributed by atoms with van der Waals surface area (Å²) in [6.07, 6.45) is 5.67. The molecule has 7 nitrogen and oxygen atoms in total. The van der Waals surface area contributed by atoms with E-state index in [0.717, 1.165) is 11.4 Å². The van der Waals surface area contributed by atoms with Crippen LogP contribution in [0.15, 0.2) is 24.0 Å². The van der Waals surface area contributed by atoms with E-state index in [-0.39, 0.29) is 18.7 Å². The number of aliphatic imine (C=N–C) groups is 1. The van der Waals surface area contributed by atoms with Crippen molar-refractivity contribution in [3.05, 3.63) is 30.4 Å². The fraction of sp³-hybridized carbons (Fsp3) is 0.400. The zero-order chi connectivity index (χ0) is 16.4. The number of carbonyl (C=O) groups is 2. The molecule has 1 amide bonds. The molecule has 0 spiro atoms. The first-order valence-corrected chi connectivity index (χ1v) is 6.98. The van der Waals surface area contributed by atoms with Crippen molar-refractivity contribution in [1.82, 2.24) is 15.3 Å². The maximum atomic E-state index is 11.6. The lowest BCUT2D eigenvalue weighted by atomic mass is 10.2. The van der Waals surface area contributed by atoms with Gasteiger partial charge in [-0.1, -0.05) is 12.7 Å². The third-order valence-electron chi connectivity index (χ3n) is 2.87. The zero-order valence-corrected chi connectivity index (χ0v) is 12.6. The van der Waals surface area contributed by atoms with E-state index in [1.807, 2.05) is 6.92 Å². The summed E-state index contributed by atoms with van der Waals surface area (Å²) >= 11 is 0. The van der Waals surface area contributed by atoms with Crippen molar-refractivity contribution in [3.63, 3.8) is 0 Å². The van der Waals surface area contributed by atoms with Crippen molar-refractivity contribution in [2.75, 3.05) is 6.54 Å². The number of nitrogens with zero attached hydrogens (tertiary/aromatic N) is 3. The number of rotatable bonds is 9. The van der Waals surface area contributed by atoms with Gasteiger partial charge < -0.3 is 10.4 Å². The molecule has 0 bridgehead atoms. The first-order valence-electron chi connectivity index (χ1n) is 6.98. The quantitative estimate of drug-likeness (QED) is 0.674. The lowest BCUT2D eigenvalue weighted by Crippen LogP contribution is -2.25. The second-order valence-corrected chi connectivity index (χ2v) is 4.62. The number of amides is 1. The lowest BCUT2D eigenvalue weighted by molar-refractivity contribution is -0.137. The summed E-state index contributed by atoms with van der Waals surface area (Å²) in [6.45, 7) is 5.83. The van der Waals surface area contributed by atoms with Crippen LogP contribution in [0, 0.1) is 6.92 Å². The Hall–Kier alpha value is -2.57. The Kier molecular flexibility index (Phi) is 7.45. The summed E-state index contributed by atoms with van der Waals surface area (Å²) in [5, 5.41) is 11.3. The fourth-order valence-electron chi connectivity index (χ4n) is 1.80. The highest BCUT2D eigenvalue weighted by molar-refractivity contribution is 5.77. The summed E-state index contributed by atoms with van der Waals surface area (Å²) in [5.74, 6) is -1.06. The van der Waals surface area contributed by atoms with E-state index in [9.17, 15) is 9.59 Å². The number of carboxylic acids is 1. The molecule has 0 unspecified atom stereocenters. The molecule has 7 heteroatoms. The zero-order valence-electron chi connectivity index (χ0n) is 12.6. The third kappa shape index (κ3) is 6.25. The Labute approximate surface area is 129 Å². The van der Waals surface area contributed by atoms with Gasteiger partial charge in [0.15, 0.2) is 0 Å². The number of aryl methyl sites for hydroxylation is 1. The molecule has 1 aromatic rings. The molecule has 118 valence electrons. The molecule has 0 radical (unpaired) electrons. The second-order valence-electron chi connectivity index (χ2n) is 4.62. The molecule has 22 heavy (non-hydrogen) atoms. The normalized spacial score (nSPS) is 10.6. The molecule has 1 heterocycles. The predicted octanol–water partition coefficient (Wildman–Crippen LogP) is 1.59. The maximum Gasteiger partial charge on any atom is 0.303 e. The van der Waals surface area contributed by atoms with Crippen molar-refractivity contribution < 1.29 is 14.7 Å². The summed E-state index contributed by atoms with van der Waals surface area (Å²) in [7, 11) is 0. The van der Waals surface area contributed by atoms with Gasteiger partial charge in [-0.15, -0.1) is 0 Å². The average Bonchev–Trinajstić information content (AvgIpc) is 2.46. The van der Waals surface area contributed by atoms with Crippen LogP contribution in [0.1, 0.15) is 30.7 Å². The van der Waals surface area contributed by atoms with Crippen LogP contribution in [-0.4, -0.2) is 39.7 Å². The summed E-state index contributed by atoms with van der Waals surface area (Å²) in [4.78, 5) is 34.5. The average molecular weight is 304 g/mol. The molecular weight excluding hydrogens is 284 g/mol. The predicted molar refractivity (Wildman–Crippen MR) is 83.3 cm³/mol. The van der Waals surface area contributed by atoms with Gasteiger partial charge in [0, 0.05) is 32.0 Å². The van der Waals surface area contributed by atoms with Gasteiger partial charge in [-0.25, -0.2) is 9.97 Å². The second kappa shape index (κ2) is 9.38. The van der Waals surface area contributed by atoms with E-state index in [1.165, 1.54) is 6.33 Å². The van der Waals surface area contributed by atoms with E-state index in [2.05, 4.69) is 26.9 Å². The number of nitrogens with one attached hydrogen (secondary N) is 1. The Morgan fingerprint density at radius 1 is 1.41 bits per heavy atom. The fourth-order valence-corrected chi connectivity index (χ4v) is 1.80. The number of aliphatic carboxylic acids is 1. The van der Waals surface area contributed by atoms with Crippen LogP contribution in [0.25, 0.3) is 0 Å². The van der Waals surface area contributed by atoms with Crippen LogP contribution < -0.4 is 5.32 Å². The minimum Gasteiger partial charge on any atom is -0.481 e. The molecular formula is C15H20N4O3. The first kappa shape index (κ1) is 17.5. The van der Waals surface area contributed by atoms with Crippen LogP contribution in [-0.2, 0) is 16.0 Å². The minimum atomic E-state index is -0.894. The lowest BCUT2D eigenvalue weighted by Gasteiger charge is -2.08. The van der Waals surface area contributed by atoms with Crippen molar-refractivity contribution >= 4 is 23.8 Å². The Morgan fingerprint density at radius 3 is 2.86 bits per heavy atom. The van der Waals surface area contributed by atoms with E-state index >= 15 is 0 Å². The van der Waals surface area contributed by atoms with Crippen LogP contribution in [0.5, 0.6) is 0 Å². The Morgan fingerprint density at radius 2 is 2.18 bits per heavy atom. The molecule has 1 aromatic heterocycles. The van der Waals surface area contributed by atoms with E-state index in [1.54, 1.807) is 12.3 Å². The van der Waals surface area contributed by atoms with Crippen LogP contribution in [0.3, 0.4) is 0 Å². The molecule has 0 aromatic carbocycles. The van der Waals surface area contributed by atoms with Gasteiger partial charge in [-0.05, 0) is 13.3 Å². The number of aromatic nitrogens is 2. The smallest absolute Gasteiger partial charge is 0.303 e. The van der Waals surface area contributed by atoms with E-state index < -0.39 is 5.97 Å². The molecule has 1 rings (SSSR count). The van der Waals surface area contributed by atoms with Gasteiger partial charge in [-0.3, -0.25) is 14.6 Å². The van der Waals surface area contributed by atoms with Crippen LogP contribution in [0.2, 0.25) is 0 Å². The van der Waals surface area contributed by atoms with Crippen molar-refractivity contribution in [3.8, 4) is 0 Å². The number of hydrogen-bond acceptors (Lipinski definition) is 5. The Bertz CT molecular complexity index is 570. The first-order chi connectivity index (χ1) is 10.5. The van der Waals surface area contributed by atoms with E-state index in [0.29, 0.717) is 25.1 Å². The molecule has 0 atom stereocenters. The maximum absolute atomic E-state index is 11.6. The largest absolute Gasteiger partial charge is 0.481 e. The van der Waals surface area contributed by atoms with Crippen LogP contribution >= 0.6 is 0 Å². The highest BCUT2D eigenvalue weighted by atomic mass is 16.4. The monoisotopic (exact) mass is 304 g/mol. The van der Waals surface area contributed by atoms with Crippen molar-refractivity contribution in [1.29, 1.82) is 0 Å². The van der Waals surface area contributed by atoms with Gasteiger partial charge in [0.05, 0.1) is 11.4 Å². The van der Waals surface area contributed by atoms with Gasteiger partial charge in [0.2, 0.25) is 5.91 Å². The molecule has 0 aliphatic rings. The standard InChI is InChI=1S/C15H20N4O3/c1-3-8-17-15-11(2)18-10-19-12(15)7-9-16-13(20)5-4-6-14(21)22/h3,8,10H,1,4-7,9H2,2H3,(H,16,20)(H,21,22). The molecule has 0 fully saturated rings. The molecule has 0 aliphatic heterocycles. The van der Waals surface area contributed by atoms with Gasteiger partial charge in [-0.2, -0.15) is 0 Å². The number of allylic oxidation sites excluding steroid dienone is 1. The van der Waals surface area contributed by atoms with Gasteiger partial charge >= 0.3 is 5.97 Å². The van der Waals surface area contributed by atoms with Crippen molar-refractivity contribution in [2.45, 2.75) is 32.6 Å². The molecule has 2 N–H and O–H groups in total.